The maximum atomic E-state index is 13.0. The number of benzene rings is 1. The average Bonchev–Trinajstić information content (AvgIpc) is 2.12. The lowest BCUT2D eigenvalue weighted by Gasteiger charge is -2.04. The molecule has 0 radical (unpaired) electrons. The Morgan fingerprint density at radius 2 is 1.71 bits per heavy atom. The second-order valence-corrected chi connectivity index (χ2v) is 5.23. The highest BCUT2D eigenvalue weighted by Crippen LogP contribution is 2.15. The molecule has 78 valence electrons. The second-order valence-electron chi connectivity index (χ2n) is 2.88. The molecule has 0 amide bonds. The molecule has 1 aromatic rings. The summed E-state index contributed by atoms with van der Waals surface area (Å²) < 4.78 is 48.3. The van der Waals surface area contributed by atoms with Crippen LogP contribution in [0, 0.1) is 11.6 Å². The first-order chi connectivity index (χ1) is 6.46. The lowest BCUT2D eigenvalue weighted by atomic mass is 10.2. The molecule has 0 fully saturated rings. The van der Waals surface area contributed by atoms with Crippen LogP contribution in [-0.2, 0) is 15.6 Å². The Balaban J connectivity index is 3.09. The van der Waals surface area contributed by atoms with Gasteiger partial charge < -0.3 is 0 Å². The largest absolute Gasteiger partial charge is 0.229 e. The third kappa shape index (κ3) is 2.51. The van der Waals surface area contributed by atoms with Crippen LogP contribution in [0.5, 0.6) is 0 Å². The van der Waals surface area contributed by atoms with Gasteiger partial charge in [0, 0.05) is 11.3 Å². The van der Waals surface area contributed by atoms with E-state index in [2.05, 4.69) is 0 Å². The molecule has 0 aromatic heterocycles. The number of hydrogen-bond acceptors (Lipinski definition) is 2. The molecule has 0 saturated carbocycles. The van der Waals surface area contributed by atoms with E-state index in [1.807, 2.05) is 0 Å². The van der Waals surface area contributed by atoms with Crippen molar-refractivity contribution in [2.45, 2.75) is 12.7 Å². The third-order valence-electron chi connectivity index (χ3n) is 1.87. The fourth-order valence-corrected chi connectivity index (χ4v) is 1.91. The quantitative estimate of drug-likeness (QED) is 0.779. The molecular formula is C9H10F2O2S. The van der Waals surface area contributed by atoms with Crippen LogP contribution in [0.3, 0.4) is 0 Å². The molecule has 0 N–H and O–H groups in total. The van der Waals surface area contributed by atoms with Gasteiger partial charge in [0.1, 0.15) is 11.6 Å². The van der Waals surface area contributed by atoms with E-state index in [1.165, 1.54) is 13.0 Å². The van der Waals surface area contributed by atoms with Crippen molar-refractivity contribution in [3.05, 3.63) is 35.4 Å². The van der Waals surface area contributed by atoms with Crippen molar-refractivity contribution in [1.82, 2.24) is 0 Å². The van der Waals surface area contributed by atoms with Crippen molar-refractivity contribution in [2.75, 3.05) is 5.75 Å². The summed E-state index contributed by atoms with van der Waals surface area (Å²) in [7, 11) is -3.40. The Hall–Kier alpha value is -0.970. The van der Waals surface area contributed by atoms with Gasteiger partial charge in [-0.15, -0.1) is 0 Å². The average molecular weight is 220 g/mol. The molecule has 0 unspecified atom stereocenters. The number of rotatable bonds is 3. The van der Waals surface area contributed by atoms with Gasteiger partial charge in [0.15, 0.2) is 9.84 Å². The summed E-state index contributed by atoms with van der Waals surface area (Å²) in [6.45, 7) is 1.44. The second kappa shape index (κ2) is 4.04. The number of halogens is 2. The van der Waals surface area contributed by atoms with Crippen molar-refractivity contribution in [3.63, 3.8) is 0 Å². The Morgan fingerprint density at radius 1 is 1.21 bits per heavy atom. The lowest BCUT2D eigenvalue weighted by Crippen LogP contribution is -2.09. The minimum atomic E-state index is -3.40. The van der Waals surface area contributed by atoms with E-state index in [0.29, 0.717) is 0 Å². The van der Waals surface area contributed by atoms with E-state index in [0.717, 1.165) is 12.1 Å². The highest BCUT2D eigenvalue weighted by atomic mass is 32.2. The van der Waals surface area contributed by atoms with Crippen molar-refractivity contribution >= 4 is 9.84 Å². The fraction of sp³-hybridized carbons (Fsp3) is 0.333. The highest BCUT2D eigenvalue weighted by molar-refractivity contribution is 7.90. The normalized spacial score (nSPS) is 11.6. The van der Waals surface area contributed by atoms with Gasteiger partial charge in [-0.25, -0.2) is 17.2 Å². The molecule has 0 heterocycles. The van der Waals surface area contributed by atoms with Gasteiger partial charge in [0.05, 0.1) is 5.75 Å². The summed E-state index contributed by atoms with van der Waals surface area (Å²) >= 11 is 0. The molecule has 0 aliphatic carbocycles. The van der Waals surface area contributed by atoms with E-state index in [9.17, 15) is 17.2 Å². The van der Waals surface area contributed by atoms with Gasteiger partial charge in [-0.1, -0.05) is 13.0 Å². The predicted molar refractivity (Wildman–Crippen MR) is 49.5 cm³/mol. The molecule has 0 aliphatic heterocycles. The minimum Gasteiger partial charge on any atom is -0.229 e. The fourth-order valence-electron chi connectivity index (χ4n) is 0.992. The van der Waals surface area contributed by atoms with Crippen LogP contribution < -0.4 is 0 Å². The zero-order chi connectivity index (χ0) is 10.8. The SMILES string of the molecule is CCS(=O)(=O)Cc1c(F)cccc1F. The first-order valence-corrected chi connectivity index (χ1v) is 5.91. The van der Waals surface area contributed by atoms with Gasteiger partial charge in [0.25, 0.3) is 0 Å². The summed E-state index contributed by atoms with van der Waals surface area (Å²) in [6, 6.07) is 3.29. The molecule has 0 atom stereocenters. The third-order valence-corrected chi connectivity index (χ3v) is 3.47. The lowest BCUT2D eigenvalue weighted by molar-refractivity contribution is 0.556. The topological polar surface area (TPSA) is 34.1 Å². The zero-order valence-electron chi connectivity index (χ0n) is 7.63. The molecule has 0 aliphatic rings. The zero-order valence-corrected chi connectivity index (χ0v) is 8.44. The standard InChI is InChI=1S/C9H10F2O2S/c1-2-14(12,13)6-7-8(10)4-3-5-9(7)11/h3-5H,2,6H2,1H3. The van der Waals surface area contributed by atoms with Crippen molar-refractivity contribution in [2.24, 2.45) is 0 Å². The molecule has 0 saturated heterocycles. The van der Waals surface area contributed by atoms with Crippen LogP contribution >= 0.6 is 0 Å². The summed E-state index contributed by atoms with van der Waals surface area (Å²) in [5, 5.41) is 0. The van der Waals surface area contributed by atoms with Crippen LogP contribution in [0.25, 0.3) is 0 Å². The van der Waals surface area contributed by atoms with Crippen LogP contribution in [0.4, 0.5) is 8.78 Å². The first kappa shape index (κ1) is 11.1. The monoisotopic (exact) mass is 220 g/mol. The number of hydrogen-bond donors (Lipinski definition) is 0. The molecule has 1 aromatic carbocycles. The summed E-state index contributed by atoms with van der Waals surface area (Å²) in [5.41, 5.74) is -0.380. The Kier molecular flexibility index (Phi) is 3.21. The molecule has 14 heavy (non-hydrogen) atoms. The Bertz CT molecular complexity index is 406. The van der Waals surface area contributed by atoms with E-state index in [-0.39, 0.29) is 11.3 Å². The van der Waals surface area contributed by atoms with Crippen molar-refractivity contribution in [3.8, 4) is 0 Å². The van der Waals surface area contributed by atoms with Gasteiger partial charge in [-0.05, 0) is 12.1 Å². The van der Waals surface area contributed by atoms with Gasteiger partial charge in [-0.3, -0.25) is 0 Å². The van der Waals surface area contributed by atoms with E-state index in [4.69, 9.17) is 0 Å². The number of sulfone groups is 1. The smallest absolute Gasteiger partial charge is 0.154 e. The summed E-state index contributed by atoms with van der Waals surface area (Å²) in [4.78, 5) is 0. The first-order valence-electron chi connectivity index (χ1n) is 4.09. The Labute approximate surface area is 81.5 Å². The van der Waals surface area contributed by atoms with Crippen molar-refractivity contribution in [1.29, 1.82) is 0 Å². The van der Waals surface area contributed by atoms with Gasteiger partial charge in [0.2, 0.25) is 0 Å². The van der Waals surface area contributed by atoms with Crippen molar-refractivity contribution < 1.29 is 17.2 Å². The predicted octanol–water partition coefficient (Wildman–Crippen LogP) is 1.90. The minimum absolute atomic E-state index is 0.124. The molecule has 0 spiro atoms. The molecule has 2 nitrogen and oxygen atoms in total. The van der Waals surface area contributed by atoms with Crippen LogP contribution in [-0.4, -0.2) is 14.2 Å². The molecular weight excluding hydrogens is 210 g/mol. The molecule has 0 bridgehead atoms. The van der Waals surface area contributed by atoms with Crippen LogP contribution in [0.15, 0.2) is 18.2 Å². The van der Waals surface area contributed by atoms with Crippen LogP contribution in [0.2, 0.25) is 0 Å². The van der Waals surface area contributed by atoms with Gasteiger partial charge in [-0.2, -0.15) is 0 Å². The molecule has 5 heteroatoms. The summed E-state index contributed by atoms with van der Waals surface area (Å²) in [5.74, 6) is -2.34. The van der Waals surface area contributed by atoms with Crippen LogP contribution in [0.1, 0.15) is 12.5 Å². The van der Waals surface area contributed by atoms with E-state index < -0.39 is 27.2 Å². The van der Waals surface area contributed by atoms with Gasteiger partial charge >= 0.3 is 0 Å². The van der Waals surface area contributed by atoms with E-state index >= 15 is 0 Å². The Morgan fingerprint density at radius 3 is 2.14 bits per heavy atom. The molecule has 1 rings (SSSR count). The maximum Gasteiger partial charge on any atom is 0.154 e. The maximum absolute atomic E-state index is 13.0. The summed E-state index contributed by atoms with van der Waals surface area (Å²) in [6.07, 6.45) is 0. The highest BCUT2D eigenvalue weighted by Gasteiger charge is 2.16. The van der Waals surface area contributed by atoms with E-state index in [1.54, 1.807) is 0 Å².